The van der Waals surface area contributed by atoms with Gasteiger partial charge in [-0.05, 0) is 23.0 Å². The maximum Gasteiger partial charge on any atom is 0.257 e. The molecule has 15 heavy (non-hydrogen) atoms. The second-order valence-electron chi connectivity index (χ2n) is 2.54. The smallest absolute Gasteiger partial charge is 0.257 e. The van der Waals surface area contributed by atoms with Crippen LogP contribution in [0.5, 0.6) is 5.88 Å². The molecule has 0 N–H and O–H groups in total. The van der Waals surface area contributed by atoms with E-state index in [4.69, 9.17) is 27.9 Å². The predicted molar refractivity (Wildman–Crippen MR) is 58.5 cm³/mol. The largest absolute Gasteiger partial charge is 0.470 e. The van der Waals surface area contributed by atoms with Gasteiger partial charge in [-0.15, -0.1) is 21.5 Å². The zero-order valence-electron chi connectivity index (χ0n) is 7.35. The molecule has 0 aliphatic carbocycles. The van der Waals surface area contributed by atoms with Gasteiger partial charge in [0.15, 0.2) is 0 Å². The molecule has 2 aromatic rings. The first-order valence-electron chi connectivity index (χ1n) is 3.96. The Morgan fingerprint density at radius 3 is 2.93 bits per heavy atom. The van der Waals surface area contributed by atoms with Crippen LogP contribution in [0.25, 0.3) is 0 Å². The summed E-state index contributed by atoms with van der Waals surface area (Å²) in [4.78, 5) is 4.88. The van der Waals surface area contributed by atoms with Crippen molar-refractivity contribution >= 4 is 34.5 Å². The highest BCUT2D eigenvalue weighted by Gasteiger charge is 2.07. The minimum absolute atomic E-state index is 0.0144. The van der Waals surface area contributed by atoms with Gasteiger partial charge in [0.1, 0.15) is 6.61 Å². The van der Waals surface area contributed by atoms with Crippen LogP contribution in [-0.4, -0.2) is 15.2 Å². The van der Waals surface area contributed by atoms with Crippen LogP contribution in [0.1, 0.15) is 4.88 Å². The molecule has 4 nitrogen and oxygen atoms in total. The van der Waals surface area contributed by atoms with Gasteiger partial charge in [-0.1, -0.05) is 17.7 Å². The maximum absolute atomic E-state index is 5.72. The highest BCUT2D eigenvalue weighted by molar-refractivity contribution is 7.09. The van der Waals surface area contributed by atoms with Crippen molar-refractivity contribution in [3.63, 3.8) is 0 Å². The fourth-order valence-electron chi connectivity index (χ4n) is 0.906. The summed E-state index contributed by atoms with van der Waals surface area (Å²) < 4.78 is 5.34. The Morgan fingerprint density at radius 2 is 2.20 bits per heavy atom. The van der Waals surface area contributed by atoms with Gasteiger partial charge in [-0.2, -0.15) is 4.98 Å². The molecule has 0 aliphatic heterocycles. The standard InChI is InChI=1S/C8H5Cl2N3OS/c9-6-7(11-8(10)13-12-6)14-4-5-2-1-3-15-5/h1-3H,4H2. The van der Waals surface area contributed by atoms with Crippen LogP contribution in [-0.2, 0) is 6.61 Å². The molecular formula is C8H5Cl2N3OS. The van der Waals surface area contributed by atoms with Gasteiger partial charge in [0.05, 0.1) is 0 Å². The third kappa shape index (κ3) is 2.77. The molecule has 0 radical (unpaired) electrons. The lowest BCUT2D eigenvalue weighted by atomic mass is 10.5. The molecule has 0 amide bonds. The third-order valence-corrected chi connectivity index (χ3v) is 2.77. The molecule has 0 aliphatic rings. The Balaban J connectivity index is 2.07. The van der Waals surface area contributed by atoms with E-state index in [1.54, 1.807) is 11.3 Å². The molecule has 2 rings (SSSR count). The van der Waals surface area contributed by atoms with Gasteiger partial charge in [0, 0.05) is 4.88 Å². The van der Waals surface area contributed by atoms with E-state index in [0.717, 1.165) is 4.88 Å². The lowest BCUT2D eigenvalue weighted by Crippen LogP contribution is -1.99. The fraction of sp³-hybridized carbons (Fsp3) is 0.125. The van der Waals surface area contributed by atoms with E-state index in [9.17, 15) is 0 Å². The Morgan fingerprint density at radius 1 is 1.33 bits per heavy atom. The molecule has 78 valence electrons. The molecule has 0 spiro atoms. The molecule has 0 saturated carbocycles. The zero-order valence-corrected chi connectivity index (χ0v) is 9.68. The summed E-state index contributed by atoms with van der Waals surface area (Å²) in [7, 11) is 0. The average molecular weight is 262 g/mol. The minimum Gasteiger partial charge on any atom is -0.470 e. The topological polar surface area (TPSA) is 47.9 Å². The molecule has 2 heterocycles. The van der Waals surface area contributed by atoms with Crippen LogP contribution in [0, 0.1) is 0 Å². The number of hydrogen-bond donors (Lipinski definition) is 0. The molecule has 0 unspecified atom stereocenters. The molecule has 0 bridgehead atoms. The number of thiophene rings is 1. The number of ether oxygens (including phenoxy) is 1. The summed E-state index contributed by atoms with van der Waals surface area (Å²) in [5.74, 6) is 0.199. The Hall–Kier alpha value is -0.910. The van der Waals surface area contributed by atoms with E-state index >= 15 is 0 Å². The highest BCUT2D eigenvalue weighted by atomic mass is 35.5. The number of halogens is 2. The highest BCUT2D eigenvalue weighted by Crippen LogP contribution is 2.21. The van der Waals surface area contributed by atoms with E-state index in [1.165, 1.54) is 0 Å². The van der Waals surface area contributed by atoms with E-state index in [0.29, 0.717) is 6.61 Å². The summed E-state index contributed by atoms with van der Waals surface area (Å²) in [5, 5.41) is 9.14. The number of aromatic nitrogens is 3. The average Bonchev–Trinajstić information content (AvgIpc) is 2.72. The van der Waals surface area contributed by atoms with E-state index in [1.807, 2.05) is 17.5 Å². The van der Waals surface area contributed by atoms with Crippen molar-refractivity contribution in [1.82, 2.24) is 15.2 Å². The van der Waals surface area contributed by atoms with Gasteiger partial charge in [0.25, 0.3) is 5.88 Å². The van der Waals surface area contributed by atoms with Crippen molar-refractivity contribution in [2.45, 2.75) is 6.61 Å². The Labute approximate surface area is 99.8 Å². The van der Waals surface area contributed by atoms with Crippen LogP contribution in [0.4, 0.5) is 0 Å². The van der Waals surface area contributed by atoms with Crippen LogP contribution in [0.2, 0.25) is 10.4 Å². The van der Waals surface area contributed by atoms with E-state index < -0.39 is 0 Å². The summed E-state index contributed by atoms with van der Waals surface area (Å²) >= 11 is 12.9. The molecule has 7 heteroatoms. The number of hydrogen-bond acceptors (Lipinski definition) is 5. The van der Waals surface area contributed by atoms with E-state index in [-0.39, 0.29) is 16.3 Å². The SMILES string of the molecule is Clc1nnc(Cl)c(OCc2cccs2)n1. The van der Waals surface area contributed by atoms with Gasteiger partial charge >= 0.3 is 0 Å². The lowest BCUT2D eigenvalue weighted by molar-refractivity contribution is 0.295. The van der Waals surface area contributed by atoms with Crippen molar-refractivity contribution in [2.24, 2.45) is 0 Å². The Kier molecular flexibility index (Phi) is 3.35. The van der Waals surface area contributed by atoms with Gasteiger partial charge in [0.2, 0.25) is 10.4 Å². The summed E-state index contributed by atoms with van der Waals surface area (Å²) in [6.45, 7) is 0.395. The second-order valence-corrected chi connectivity index (χ2v) is 4.27. The van der Waals surface area contributed by atoms with Crippen LogP contribution in [0.15, 0.2) is 17.5 Å². The van der Waals surface area contributed by atoms with Crippen LogP contribution < -0.4 is 4.74 Å². The molecule has 0 atom stereocenters. The first-order valence-corrected chi connectivity index (χ1v) is 5.60. The monoisotopic (exact) mass is 261 g/mol. The Bertz CT molecular complexity index is 449. The van der Waals surface area contributed by atoms with Crippen LogP contribution >= 0.6 is 34.5 Å². The van der Waals surface area contributed by atoms with Crippen molar-refractivity contribution in [3.05, 3.63) is 32.8 Å². The molecule has 0 saturated heterocycles. The van der Waals surface area contributed by atoms with Crippen molar-refractivity contribution in [3.8, 4) is 5.88 Å². The minimum atomic E-state index is 0.0144. The first kappa shape index (κ1) is 10.6. The summed E-state index contributed by atoms with van der Waals surface area (Å²) in [5.41, 5.74) is 0. The predicted octanol–water partition coefficient (Wildman–Crippen LogP) is 2.82. The molecule has 0 fully saturated rings. The molecular weight excluding hydrogens is 257 g/mol. The second kappa shape index (κ2) is 4.74. The normalized spacial score (nSPS) is 10.3. The van der Waals surface area contributed by atoms with Gasteiger partial charge in [-0.25, -0.2) is 0 Å². The fourth-order valence-corrected chi connectivity index (χ4v) is 1.77. The number of rotatable bonds is 3. The maximum atomic E-state index is 5.72. The van der Waals surface area contributed by atoms with Crippen molar-refractivity contribution in [1.29, 1.82) is 0 Å². The lowest BCUT2D eigenvalue weighted by Gasteiger charge is -2.03. The van der Waals surface area contributed by atoms with Crippen molar-refractivity contribution in [2.75, 3.05) is 0 Å². The van der Waals surface area contributed by atoms with Crippen molar-refractivity contribution < 1.29 is 4.74 Å². The van der Waals surface area contributed by atoms with Gasteiger partial charge in [-0.3, -0.25) is 0 Å². The van der Waals surface area contributed by atoms with Gasteiger partial charge < -0.3 is 4.74 Å². The van der Waals surface area contributed by atoms with Crippen LogP contribution in [0.3, 0.4) is 0 Å². The quantitative estimate of drug-likeness (QED) is 0.853. The molecule has 0 aromatic carbocycles. The summed E-state index contributed by atoms with van der Waals surface area (Å²) in [6.07, 6.45) is 0. The zero-order chi connectivity index (χ0) is 10.7. The molecule has 2 aromatic heterocycles. The summed E-state index contributed by atoms with van der Waals surface area (Å²) in [6, 6.07) is 3.89. The first-order chi connectivity index (χ1) is 7.25. The number of nitrogens with zero attached hydrogens (tertiary/aromatic N) is 3. The third-order valence-electron chi connectivity index (χ3n) is 1.52. The van der Waals surface area contributed by atoms with E-state index in [2.05, 4.69) is 15.2 Å².